The van der Waals surface area contributed by atoms with Gasteiger partial charge >= 0.3 is 7.12 Å². The average molecular weight is 276 g/mol. The van der Waals surface area contributed by atoms with Crippen molar-refractivity contribution in [2.24, 2.45) is 0 Å². The molecule has 0 aliphatic rings. The minimum atomic E-state index is -1.54. The summed E-state index contributed by atoms with van der Waals surface area (Å²) >= 11 is 5.82. The molecule has 0 radical (unpaired) electrons. The fourth-order valence-corrected chi connectivity index (χ4v) is 1.77. The number of hydrogen-bond acceptors (Lipinski definition) is 3. The summed E-state index contributed by atoms with van der Waals surface area (Å²) in [7, 11) is -1.54. The molecule has 0 atom stereocenters. The molecule has 19 heavy (non-hydrogen) atoms. The second-order valence-electron chi connectivity index (χ2n) is 3.96. The van der Waals surface area contributed by atoms with Gasteiger partial charge in [-0.3, -0.25) is 4.79 Å². The van der Waals surface area contributed by atoms with Crippen LogP contribution in [0.25, 0.3) is 0 Å². The third-order valence-electron chi connectivity index (χ3n) is 2.55. The summed E-state index contributed by atoms with van der Waals surface area (Å²) in [5.41, 5.74) is 1.35. The topological polar surface area (TPSA) is 69.6 Å². The van der Waals surface area contributed by atoms with E-state index >= 15 is 0 Å². The molecule has 0 unspecified atom stereocenters. The second kappa shape index (κ2) is 5.88. The number of benzene rings is 2. The van der Waals surface area contributed by atoms with Crippen LogP contribution >= 0.6 is 11.6 Å². The van der Waals surface area contributed by atoms with Gasteiger partial charge in [-0.15, -0.1) is 0 Å². The highest BCUT2D eigenvalue weighted by atomic mass is 35.5. The highest BCUT2D eigenvalue weighted by molar-refractivity contribution is 6.58. The lowest BCUT2D eigenvalue weighted by atomic mass is 9.80. The normalized spacial score (nSPS) is 10.1. The molecule has 2 aromatic rings. The summed E-state index contributed by atoms with van der Waals surface area (Å²) in [4.78, 5) is 11.9. The molecule has 0 aliphatic carbocycles. The van der Waals surface area contributed by atoms with Crippen molar-refractivity contribution >= 4 is 35.8 Å². The van der Waals surface area contributed by atoms with E-state index in [1.807, 2.05) is 0 Å². The van der Waals surface area contributed by atoms with Gasteiger partial charge in [-0.05, 0) is 35.8 Å². The van der Waals surface area contributed by atoms with Crippen molar-refractivity contribution in [3.63, 3.8) is 0 Å². The van der Waals surface area contributed by atoms with Crippen LogP contribution in [-0.2, 0) is 0 Å². The van der Waals surface area contributed by atoms with Crippen LogP contribution in [0, 0.1) is 0 Å². The van der Waals surface area contributed by atoms with Crippen LogP contribution in [-0.4, -0.2) is 23.1 Å². The monoisotopic (exact) mass is 275 g/mol. The Bertz CT molecular complexity index is 587. The predicted molar refractivity (Wildman–Crippen MR) is 75.7 cm³/mol. The molecule has 96 valence electrons. The van der Waals surface area contributed by atoms with Crippen LogP contribution in [0.15, 0.2) is 48.5 Å². The van der Waals surface area contributed by atoms with Gasteiger partial charge in [-0.25, -0.2) is 0 Å². The molecule has 1 amide bonds. The third-order valence-corrected chi connectivity index (χ3v) is 2.79. The third kappa shape index (κ3) is 3.57. The van der Waals surface area contributed by atoms with Crippen LogP contribution in [0.5, 0.6) is 0 Å². The van der Waals surface area contributed by atoms with E-state index in [0.29, 0.717) is 21.7 Å². The average Bonchev–Trinajstić information content (AvgIpc) is 2.39. The van der Waals surface area contributed by atoms with E-state index in [2.05, 4.69) is 5.32 Å². The fraction of sp³-hybridized carbons (Fsp3) is 0. The van der Waals surface area contributed by atoms with Crippen molar-refractivity contribution in [1.29, 1.82) is 0 Å². The van der Waals surface area contributed by atoms with Crippen molar-refractivity contribution < 1.29 is 14.8 Å². The van der Waals surface area contributed by atoms with Gasteiger partial charge in [0.25, 0.3) is 5.91 Å². The minimum absolute atomic E-state index is 0.291. The fourth-order valence-electron chi connectivity index (χ4n) is 1.58. The Morgan fingerprint density at radius 2 is 1.79 bits per heavy atom. The van der Waals surface area contributed by atoms with E-state index in [0.717, 1.165) is 0 Å². The molecule has 6 heteroatoms. The molecule has 2 aromatic carbocycles. The van der Waals surface area contributed by atoms with Crippen LogP contribution in [0.1, 0.15) is 10.4 Å². The maximum Gasteiger partial charge on any atom is 0.488 e. The molecule has 0 saturated heterocycles. The SMILES string of the molecule is O=C(Nc1cccc(Cl)c1)c1ccc(B(O)O)cc1. The van der Waals surface area contributed by atoms with E-state index in [9.17, 15) is 4.79 Å². The molecule has 0 spiro atoms. The molecule has 0 bridgehead atoms. The predicted octanol–water partition coefficient (Wildman–Crippen LogP) is 1.27. The van der Waals surface area contributed by atoms with Gasteiger partial charge in [0, 0.05) is 16.3 Å². The van der Waals surface area contributed by atoms with Crippen LogP contribution in [0.4, 0.5) is 5.69 Å². The van der Waals surface area contributed by atoms with E-state index in [4.69, 9.17) is 21.6 Å². The number of halogens is 1. The molecule has 0 heterocycles. The summed E-state index contributed by atoms with van der Waals surface area (Å²) in [6, 6.07) is 12.8. The van der Waals surface area contributed by atoms with Gasteiger partial charge in [0.1, 0.15) is 0 Å². The number of anilines is 1. The first kappa shape index (κ1) is 13.6. The van der Waals surface area contributed by atoms with Gasteiger partial charge in [0.2, 0.25) is 0 Å². The van der Waals surface area contributed by atoms with Crippen LogP contribution < -0.4 is 10.8 Å². The van der Waals surface area contributed by atoms with E-state index < -0.39 is 7.12 Å². The van der Waals surface area contributed by atoms with E-state index in [-0.39, 0.29) is 5.91 Å². The van der Waals surface area contributed by atoms with Crippen molar-refractivity contribution in [2.75, 3.05) is 5.32 Å². The number of carbonyl (C=O) groups excluding carboxylic acids is 1. The molecular weight excluding hydrogens is 264 g/mol. The summed E-state index contributed by atoms with van der Waals surface area (Å²) in [6.07, 6.45) is 0. The lowest BCUT2D eigenvalue weighted by Crippen LogP contribution is -2.29. The molecule has 2 rings (SSSR count). The van der Waals surface area contributed by atoms with Crippen LogP contribution in [0.3, 0.4) is 0 Å². The van der Waals surface area contributed by atoms with E-state index in [1.165, 1.54) is 24.3 Å². The highest BCUT2D eigenvalue weighted by Crippen LogP contribution is 2.15. The minimum Gasteiger partial charge on any atom is -0.423 e. The number of nitrogens with one attached hydrogen (secondary N) is 1. The zero-order valence-electron chi connectivity index (χ0n) is 9.88. The number of amides is 1. The molecule has 0 aromatic heterocycles. The first-order chi connectivity index (χ1) is 9.06. The number of rotatable bonds is 3. The Morgan fingerprint density at radius 1 is 1.11 bits per heavy atom. The van der Waals surface area contributed by atoms with E-state index in [1.54, 1.807) is 24.3 Å². The van der Waals surface area contributed by atoms with Gasteiger partial charge in [0.15, 0.2) is 0 Å². The van der Waals surface area contributed by atoms with Crippen LogP contribution in [0.2, 0.25) is 5.02 Å². The highest BCUT2D eigenvalue weighted by Gasteiger charge is 2.12. The maximum atomic E-state index is 11.9. The molecule has 0 fully saturated rings. The van der Waals surface area contributed by atoms with Gasteiger partial charge < -0.3 is 15.4 Å². The maximum absolute atomic E-state index is 11.9. The first-order valence-corrected chi connectivity index (χ1v) is 5.97. The Labute approximate surface area is 115 Å². The summed E-state index contributed by atoms with van der Waals surface area (Å²) in [5.74, 6) is -0.291. The summed E-state index contributed by atoms with van der Waals surface area (Å²) in [6.45, 7) is 0. The lowest BCUT2D eigenvalue weighted by molar-refractivity contribution is 0.102. The Balaban J connectivity index is 2.11. The molecule has 3 N–H and O–H groups in total. The molecule has 0 aliphatic heterocycles. The standard InChI is InChI=1S/C13H11BClNO3/c15-11-2-1-3-12(8-11)16-13(17)9-4-6-10(7-5-9)14(18)19/h1-8,18-19H,(H,16,17). The smallest absolute Gasteiger partial charge is 0.423 e. The van der Waals surface area contributed by atoms with Crippen molar-refractivity contribution in [3.05, 3.63) is 59.1 Å². The Morgan fingerprint density at radius 3 is 2.37 bits per heavy atom. The van der Waals surface area contributed by atoms with Gasteiger partial charge in [0.05, 0.1) is 0 Å². The second-order valence-corrected chi connectivity index (χ2v) is 4.40. The Kier molecular flexibility index (Phi) is 4.22. The van der Waals surface area contributed by atoms with Gasteiger partial charge in [-0.2, -0.15) is 0 Å². The van der Waals surface area contributed by atoms with Crippen molar-refractivity contribution in [2.45, 2.75) is 0 Å². The first-order valence-electron chi connectivity index (χ1n) is 5.59. The van der Waals surface area contributed by atoms with Crippen molar-refractivity contribution in [1.82, 2.24) is 0 Å². The van der Waals surface area contributed by atoms with Crippen molar-refractivity contribution in [3.8, 4) is 0 Å². The quantitative estimate of drug-likeness (QED) is 0.739. The number of hydrogen-bond donors (Lipinski definition) is 3. The summed E-state index contributed by atoms with van der Waals surface area (Å²) < 4.78 is 0. The number of carbonyl (C=O) groups is 1. The van der Waals surface area contributed by atoms with Gasteiger partial charge in [-0.1, -0.05) is 29.8 Å². The Hall–Kier alpha value is -1.82. The molecule has 0 saturated carbocycles. The zero-order valence-corrected chi connectivity index (χ0v) is 10.6. The lowest BCUT2D eigenvalue weighted by Gasteiger charge is -2.06. The molecule has 4 nitrogen and oxygen atoms in total. The largest absolute Gasteiger partial charge is 0.488 e. The zero-order chi connectivity index (χ0) is 13.8. The molecular formula is C13H11BClNO3. The summed E-state index contributed by atoms with van der Waals surface area (Å²) in [5, 5.41) is 21.2.